The Morgan fingerprint density at radius 2 is 1.87 bits per heavy atom. The van der Waals surface area contributed by atoms with Gasteiger partial charge in [0.1, 0.15) is 0 Å². The summed E-state index contributed by atoms with van der Waals surface area (Å²) in [4.78, 5) is 30.8. The van der Waals surface area contributed by atoms with Gasteiger partial charge < -0.3 is 20.1 Å². The molecule has 30 heavy (non-hydrogen) atoms. The molecule has 0 atom stereocenters. The zero-order valence-electron chi connectivity index (χ0n) is 18.0. The zero-order valence-corrected chi connectivity index (χ0v) is 18.0. The third-order valence-corrected chi connectivity index (χ3v) is 5.11. The Morgan fingerprint density at radius 3 is 2.50 bits per heavy atom. The molecule has 162 valence electrons. The molecule has 0 aliphatic carbocycles. The molecule has 0 unspecified atom stereocenters. The summed E-state index contributed by atoms with van der Waals surface area (Å²) >= 11 is 0. The number of piperidine rings is 1. The molecule has 0 radical (unpaired) electrons. The molecule has 3 amide bonds. The molecule has 0 bridgehead atoms. The van der Waals surface area contributed by atoms with E-state index in [1.165, 1.54) is 0 Å². The molecule has 1 aliphatic heterocycles. The Balaban J connectivity index is 1.34. The van der Waals surface area contributed by atoms with Gasteiger partial charge in [-0.15, -0.1) is 0 Å². The standard InChI is InChI=1S/C22H31N5O3/c1-22(2,3)20-25-19(30-26-20)11-7-10-18(28)23-17-12-14-27(15-13-17)21(29)24-16-8-5-4-6-9-16/h4-6,8-9,17H,7,10-15H2,1-3H3,(H,23,28)(H,24,29). The van der Waals surface area contributed by atoms with Crippen LogP contribution >= 0.6 is 0 Å². The summed E-state index contributed by atoms with van der Waals surface area (Å²) in [6, 6.07) is 9.43. The first-order chi connectivity index (χ1) is 14.3. The Hall–Kier alpha value is -2.90. The van der Waals surface area contributed by atoms with Gasteiger partial charge in [-0.25, -0.2) is 4.79 Å². The first-order valence-corrected chi connectivity index (χ1v) is 10.5. The minimum atomic E-state index is -0.147. The highest BCUT2D eigenvalue weighted by Crippen LogP contribution is 2.19. The maximum Gasteiger partial charge on any atom is 0.321 e. The summed E-state index contributed by atoms with van der Waals surface area (Å²) in [6.07, 6.45) is 3.19. The van der Waals surface area contributed by atoms with Crippen LogP contribution < -0.4 is 10.6 Å². The summed E-state index contributed by atoms with van der Waals surface area (Å²) in [6.45, 7) is 7.35. The highest BCUT2D eigenvalue weighted by Gasteiger charge is 2.24. The maximum absolute atomic E-state index is 12.3. The van der Waals surface area contributed by atoms with Crippen molar-refractivity contribution in [1.29, 1.82) is 0 Å². The van der Waals surface area contributed by atoms with E-state index in [4.69, 9.17) is 4.52 Å². The number of likely N-dealkylation sites (tertiary alicyclic amines) is 1. The minimum absolute atomic E-state index is 0.0257. The highest BCUT2D eigenvalue weighted by molar-refractivity contribution is 5.89. The number of benzene rings is 1. The molecule has 1 saturated heterocycles. The average molecular weight is 414 g/mol. The fourth-order valence-electron chi connectivity index (χ4n) is 3.31. The predicted octanol–water partition coefficient (Wildman–Crippen LogP) is 3.50. The van der Waals surface area contributed by atoms with Gasteiger partial charge in [-0.2, -0.15) is 4.98 Å². The van der Waals surface area contributed by atoms with E-state index in [1.807, 2.05) is 51.1 Å². The quantitative estimate of drug-likeness (QED) is 0.755. The van der Waals surface area contributed by atoms with Crippen LogP contribution in [0.1, 0.15) is 58.2 Å². The molecule has 2 N–H and O–H groups in total. The number of hydrogen-bond acceptors (Lipinski definition) is 5. The lowest BCUT2D eigenvalue weighted by Gasteiger charge is -2.32. The van der Waals surface area contributed by atoms with E-state index in [0.29, 0.717) is 44.1 Å². The Kier molecular flexibility index (Phi) is 7.07. The van der Waals surface area contributed by atoms with Crippen molar-refractivity contribution in [3.05, 3.63) is 42.0 Å². The van der Waals surface area contributed by atoms with E-state index in [9.17, 15) is 9.59 Å². The van der Waals surface area contributed by atoms with Crippen LogP contribution in [0.15, 0.2) is 34.9 Å². The molecule has 1 aromatic heterocycles. The van der Waals surface area contributed by atoms with Gasteiger partial charge in [0.2, 0.25) is 11.8 Å². The number of urea groups is 1. The number of aromatic nitrogens is 2. The van der Waals surface area contributed by atoms with Crippen molar-refractivity contribution in [3.63, 3.8) is 0 Å². The smallest absolute Gasteiger partial charge is 0.321 e. The normalized spacial score (nSPS) is 15.1. The van der Waals surface area contributed by atoms with Crippen molar-refractivity contribution in [2.75, 3.05) is 18.4 Å². The minimum Gasteiger partial charge on any atom is -0.353 e. The van der Waals surface area contributed by atoms with E-state index in [-0.39, 0.29) is 23.4 Å². The molecule has 8 nitrogen and oxygen atoms in total. The monoisotopic (exact) mass is 413 g/mol. The van der Waals surface area contributed by atoms with Gasteiger partial charge in [0.05, 0.1) is 0 Å². The highest BCUT2D eigenvalue weighted by atomic mass is 16.5. The van der Waals surface area contributed by atoms with Gasteiger partial charge in [-0.05, 0) is 31.4 Å². The number of rotatable bonds is 6. The van der Waals surface area contributed by atoms with Crippen LogP contribution in [0.4, 0.5) is 10.5 Å². The predicted molar refractivity (Wildman–Crippen MR) is 114 cm³/mol. The SMILES string of the molecule is CC(C)(C)c1noc(CCCC(=O)NC2CCN(C(=O)Nc3ccccc3)CC2)n1. The van der Waals surface area contributed by atoms with Crippen molar-refractivity contribution < 1.29 is 14.1 Å². The summed E-state index contributed by atoms with van der Waals surface area (Å²) in [5.41, 5.74) is 0.639. The molecule has 2 aromatic rings. The summed E-state index contributed by atoms with van der Waals surface area (Å²) < 4.78 is 5.26. The second kappa shape index (κ2) is 9.73. The van der Waals surface area contributed by atoms with E-state index in [2.05, 4.69) is 20.8 Å². The summed E-state index contributed by atoms with van der Waals surface area (Å²) in [7, 11) is 0. The van der Waals surface area contributed by atoms with Crippen LogP contribution in [0, 0.1) is 0 Å². The number of aryl methyl sites for hydroxylation is 1. The molecular weight excluding hydrogens is 382 g/mol. The largest absolute Gasteiger partial charge is 0.353 e. The van der Waals surface area contributed by atoms with Crippen molar-refractivity contribution in [3.8, 4) is 0 Å². The lowest BCUT2D eigenvalue weighted by Crippen LogP contribution is -2.47. The topological polar surface area (TPSA) is 100 Å². The number of nitrogens with one attached hydrogen (secondary N) is 2. The molecule has 0 spiro atoms. The fourth-order valence-corrected chi connectivity index (χ4v) is 3.31. The van der Waals surface area contributed by atoms with Crippen LogP contribution in [-0.4, -0.2) is 46.1 Å². The van der Waals surface area contributed by atoms with E-state index >= 15 is 0 Å². The first kappa shape index (κ1) is 21.8. The van der Waals surface area contributed by atoms with Gasteiger partial charge in [0, 0.05) is 43.1 Å². The number of carbonyl (C=O) groups is 2. The second-order valence-corrected chi connectivity index (χ2v) is 8.74. The summed E-state index contributed by atoms with van der Waals surface area (Å²) in [5.74, 6) is 1.29. The molecule has 1 aliphatic rings. The lowest BCUT2D eigenvalue weighted by molar-refractivity contribution is -0.122. The Morgan fingerprint density at radius 1 is 1.17 bits per heavy atom. The number of para-hydroxylation sites is 1. The van der Waals surface area contributed by atoms with Crippen LogP contribution in [0.5, 0.6) is 0 Å². The Bertz CT molecular complexity index is 836. The van der Waals surface area contributed by atoms with E-state index < -0.39 is 0 Å². The first-order valence-electron chi connectivity index (χ1n) is 10.5. The van der Waals surface area contributed by atoms with Crippen LogP contribution in [0.25, 0.3) is 0 Å². The lowest BCUT2D eigenvalue weighted by atomic mass is 9.96. The second-order valence-electron chi connectivity index (χ2n) is 8.74. The number of anilines is 1. The van der Waals surface area contributed by atoms with Crippen LogP contribution in [0.2, 0.25) is 0 Å². The molecule has 1 aromatic carbocycles. The van der Waals surface area contributed by atoms with Crippen molar-refractivity contribution in [2.24, 2.45) is 0 Å². The van der Waals surface area contributed by atoms with Crippen molar-refractivity contribution in [1.82, 2.24) is 20.4 Å². The van der Waals surface area contributed by atoms with Crippen molar-refractivity contribution >= 4 is 17.6 Å². The number of hydrogen-bond donors (Lipinski definition) is 2. The molecule has 3 rings (SSSR count). The summed E-state index contributed by atoms with van der Waals surface area (Å²) in [5, 5.41) is 9.98. The van der Waals surface area contributed by atoms with E-state index in [1.54, 1.807) is 4.90 Å². The van der Waals surface area contributed by atoms with Gasteiger partial charge in [-0.3, -0.25) is 4.79 Å². The Labute approximate surface area is 177 Å². The number of nitrogens with zero attached hydrogens (tertiary/aromatic N) is 3. The van der Waals surface area contributed by atoms with Gasteiger partial charge in [-0.1, -0.05) is 44.1 Å². The molecule has 8 heteroatoms. The zero-order chi connectivity index (χ0) is 21.6. The van der Waals surface area contributed by atoms with Crippen LogP contribution in [0.3, 0.4) is 0 Å². The third-order valence-electron chi connectivity index (χ3n) is 5.11. The maximum atomic E-state index is 12.3. The van der Waals surface area contributed by atoms with Crippen LogP contribution in [-0.2, 0) is 16.6 Å². The van der Waals surface area contributed by atoms with Crippen molar-refractivity contribution in [2.45, 2.75) is 64.3 Å². The fraction of sp³-hybridized carbons (Fsp3) is 0.545. The third kappa shape index (κ3) is 6.30. The number of carbonyl (C=O) groups excluding carboxylic acids is 2. The average Bonchev–Trinajstić information content (AvgIpc) is 3.19. The van der Waals surface area contributed by atoms with E-state index in [0.717, 1.165) is 18.5 Å². The molecule has 2 heterocycles. The van der Waals surface area contributed by atoms with Gasteiger partial charge in [0.25, 0.3) is 0 Å². The number of amides is 3. The van der Waals surface area contributed by atoms with Gasteiger partial charge in [0.15, 0.2) is 5.82 Å². The molecular formula is C22H31N5O3. The molecule has 0 saturated carbocycles. The molecule has 1 fully saturated rings. The van der Waals surface area contributed by atoms with Gasteiger partial charge >= 0.3 is 6.03 Å².